The first kappa shape index (κ1) is 17.5. The van der Waals surface area contributed by atoms with Gasteiger partial charge in [-0.3, -0.25) is 0 Å². The van der Waals surface area contributed by atoms with Crippen molar-refractivity contribution < 1.29 is 24.5 Å². The van der Waals surface area contributed by atoms with E-state index in [0.717, 1.165) is 18.4 Å². The number of rotatable bonds is 8. The average Bonchev–Trinajstić information content (AvgIpc) is 2.58. The van der Waals surface area contributed by atoms with Gasteiger partial charge >= 0.3 is 11.9 Å². The van der Waals surface area contributed by atoms with Gasteiger partial charge in [-0.2, -0.15) is 0 Å². The van der Waals surface area contributed by atoms with Crippen LogP contribution in [0.25, 0.3) is 0 Å². The van der Waals surface area contributed by atoms with E-state index in [-0.39, 0.29) is 11.1 Å². The molecule has 2 aromatic rings. The number of hydrogen-bond donors (Lipinski definition) is 2. The van der Waals surface area contributed by atoms with Crippen LogP contribution in [0.5, 0.6) is 5.75 Å². The van der Waals surface area contributed by atoms with Crippen molar-refractivity contribution in [3.05, 3.63) is 64.7 Å². The number of carbonyl (C=O) groups is 2. The smallest absolute Gasteiger partial charge is 0.336 e. The fraction of sp³-hybridized carbons (Fsp3) is 0.263. The number of carboxylic acids is 2. The largest absolute Gasteiger partial charge is 0.489 e. The first-order valence-electron chi connectivity index (χ1n) is 7.83. The number of unbranched alkanes of at least 4 members (excludes halogenated alkanes) is 1. The van der Waals surface area contributed by atoms with E-state index in [1.165, 1.54) is 6.07 Å². The fourth-order valence-electron chi connectivity index (χ4n) is 2.48. The number of carboxylic acid groups (broad SMARTS) is 2. The average molecular weight is 328 g/mol. The van der Waals surface area contributed by atoms with Gasteiger partial charge in [0.05, 0.1) is 11.1 Å². The van der Waals surface area contributed by atoms with Gasteiger partial charge in [-0.25, -0.2) is 9.59 Å². The molecule has 5 nitrogen and oxygen atoms in total. The molecule has 0 amide bonds. The standard InChI is InChI=1S/C19H20O5/c1-2-3-9-14-10-15(24-12-13-7-5-4-6-8-13)11-16(18(20)21)17(14)19(22)23/h4-8,10-11H,2-3,9,12H2,1H3,(H,20,21)(H,22,23). The molecule has 0 fully saturated rings. The molecule has 126 valence electrons. The van der Waals surface area contributed by atoms with Crippen LogP contribution in [0.1, 0.15) is 51.6 Å². The van der Waals surface area contributed by atoms with Crippen molar-refractivity contribution in [2.24, 2.45) is 0 Å². The molecule has 0 aliphatic heterocycles. The van der Waals surface area contributed by atoms with E-state index in [9.17, 15) is 19.8 Å². The zero-order chi connectivity index (χ0) is 17.5. The second-order valence-corrected chi connectivity index (χ2v) is 5.49. The van der Waals surface area contributed by atoms with Gasteiger partial charge in [0.2, 0.25) is 0 Å². The van der Waals surface area contributed by atoms with Gasteiger partial charge in [0, 0.05) is 0 Å². The molecule has 0 atom stereocenters. The topological polar surface area (TPSA) is 83.8 Å². The monoisotopic (exact) mass is 328 g/mol. The maximum absolute atomic E-state index is 11.5. The number of benzene rings is 2. The maximum Gasteiger partial charge on any atom is 0.336 e. The Bertz CT molecular complexity index is 722. The van der Waals surface area contributed by atoms with Crippen LogP contribution in [0.3, 0.4) is 0 Å². The van der Waals surface area contributed by atoms with Gasteiger partial charge in [-0.1, -0.05) is 43.7 Å². The van der Waals surface area contributed by atoms with Gasteiger partial charge in [-0.15, -0.1) is 0 Å². The van der Waals surface area contributed by atoms with Crippen molar-refractivity contribution in [1.82, 2.24) is 0 Å². The predicted octanol–water partition coefficient (Wildman–Crippen LogP) is 4.00. The van der Waals surface area contributed by atoms with Gasteiger partial charge < -0.3 is 14.9 Å². The molecule has 0 aliphatic rings. The summed E-state index contributed by atoms with van der Waals surface area (Å²) in [4.78, 5) is 23.0. The number of ether oxygens (including phenoxy) is 1. The lowest BCUT2D eigenvalue weighted by Crippen LogP contribution is -2.12. The Balaban J connectivity index is 2.35. The summed E-state index contributed by atoms with van der Waals surface area (Å²) in [5.74, 6) is -2.13. The zero-order valence-corrected chi connectivity index (χ0v) is 13.5. The van der Waals surface area contributed by atoms with Crippen molar-refractivity contribution in [3.8, 4) is 5.75 Å². The Labute approximate surface area is 140 Å². The molecule has 2 N–H and O–H groups in total. The second-order valence-electron chi connectivity index (χ2n) is 5.49. The molecule has 0 saturated heterocycles. The normalized spacial score (nSPS) is 10.4. The molecular weight excluding hydrogens is 308 g/mol. The van der Waals surface area contributed by atoms with Crippen LogP contribution < -0.4 is 4.74 Å². The van der Waals surface area contributed by atoms with E-state index >= 15 is 0 Å². The summed E-state index contributed by atoms with van der Waals surface area (Å²) < 4.78 is 5.68. The summed E-state index contributed by atoms with van der Waals surface area (Å²) in [7, 11) is 0. The van der Waals surface area contributed by atoms with Crippen LogP contribution in [0.15, 0.2) is 42.5 Å². The first-order chi connectivity index (χ1) is 11.5. The quantitative estimate of drug-likeness (QED) is 0.765. The van der Waals surface area contributed by atoms with Gasteiger partial charge in [0.25, 0.3) is 0 Å². The van der Waals surface area contributed by atoms with E-state index in [4.69, 9.17) is 4.74 Å². The molecule has 5 heteroatoms. The van der Waals surface area contributed by atoms with E-state index in [0.29, 0.717) is 24.3 Å². The second kappa shape index (κ2) is 8.15. The van der Waals surface area contributed by atoms with Gasteiger partial charge in [-0.05, 0) is 36.1 Å². The number of aromatic carboxylic acids is 2. The molecule has 0 aliphatic carbocycles. The summed E-state index contributed by atoms with van der Waals surface area (Å²) in [5.41, 5.74) is 1.06. The molecule has 0 unspecified atom stereocenters. The molecule has 0 saturated carbocycles. The molecule has 0 aromatic heterocycles. The molecule has 2 rings (SSSR count). The highest BCUT2D eigenvalue weighted by Gasteiger charge is 2.21. The van der Waals surface area contributed by atoms with Crippen LogP contribution >= 0.6 is 0 Å². The lowest BCUT2D eigenvalue weighted by molar-refractivity contribution is 0.0650. The van der Waals surface area contributed by atoms with Gasteiger partial charge in [0.15, 0.2) is 0 Å². The molecule has 0 spiro atoms. The Morgan fingerprint density at radius 2 is 1.75 bits per heavy atom. The van der Waals surface area contributed by atoms with Crippen molar-refractivity contribution >= 4 is 11.9 Å². The Hall–Kier alpha value is -2.82. The molecule has 24 heavy (non-hydrogen) atoms. The highest BCUT2D eigenvalue weighted by atomic mass is 16.5. The Kier molecular flexibility index (Phi) is 5.95. The lowest BCUT2D eigenvalue weighted by atomic mass is 9.96. The molecule has 0 bridgehead atoms. The first-order valence-corrected chi connectivity index (χ1v) is 7.83. The number of hydrogen-bond acceptors (Lipinski definition) is 3. The summed E-state index contributed by atoms with van der Waals surface area (Å²) in [6.45, 7) is 2.29. The van der Waals surface area contributed by atoms with Crippen molar-refractivity contribution in [2.45, 2.75) is 32.8 Å². The van der Waals surface area contributed by atoms with Crippen LogP contribution in [-0.2, 0) is 13.0 Å². The third kappa shape index (κ3) is 4.35. The third-order valence-corrected chi connectivity index (χ3v) is 3.69. The summed E-state index contributed by atoms with van der Waals surface area (Å²) in [6, 6.07) is 12.4. The van der Waals surface area contributed by atoms with E-state index < -0.39 is 11.9 Å². The SMILES string of the molecule is CCCCc1cc(OCc2ccccc2)cc(C(=O)O)c1C(=O)O. The van der Waals surface area contributed by atoms with E-state index in [1.54, 1.807) is 6.07 Å². The fourth-order valence-corrected chi connectivity index (χ4v) is 2.48. The van der Waals surface area contributed by atoms with Crippen molar-refractivity contribution in [3.63, 3.8) is 0 Å². The van der Waals surface area contributed by atoms with Crippen LogP contribution in [0.2, 0.25) is 0 Å². The van der Waals surface area contributed by atoms with Crippen molar-refractivity contribution in [1.29, 1.82) is 0 Å². The molecular formula is C19H20O5. The predicted molar refractivity (Wildman–Crippen MR) is 89.7 cm³/mol. The molecule has 2 aromatic carbocycles. The Morgan fingerprint density at radius 3 is 2.33 bits per heavy atom. The lowest BCUT2D eigenvalue weighted by Gasteiger charge is -2.13. The van der Waals surface area contributed by atoms with Gasteiger partial charge in [0.1, 0.15) is 12.4 Å². The number of aryl methyl sites for hydroxylation is 1. The maximum atomic E-state index is 11.5. The van der Waals surface area contributed by atoms with Crippen molar-refractivity contribution in [2.75, 3.05) is 0 Å². The highest BCUT2D eigenvalue weighted by Crippen LogP contribution is 2.25. The zero-order valence-electron chi connectivity index (χ0n) is 13.5. The van der Waals surface area contributed by atoms with Crippen LogP contribution in [0.4, 0.5) is 0 Å². The van der Waals surface area contributed by atoms with Crippen LogP contribution in [-0.4, -0.2) is 22.2 Å². The van der Waals surface area contributed by atoms with E-state index in [2.05, 4.69) is 0 Å². The van der Waals surface area contributed by atoms with Crippen LogP contribution in [0, 0.1) is 0 Å². The summed E-state index contributed by atoms with van der Waals surface area (Å²) in [6.07, 6.45) is 2.17. The Morgan fingerprint density at radius 1 is 1.04 bits per heavy atom. The third-order valence-electron chi connectivity index (χ3n) is 3.69. The highest BCUT2D eigenvalue weighted by molar-refractivity contribution is 6.03. The summed E-state index contributed by atoms with van der Waals surface area (Å²) >= 11 is 0. The minimum absolute atomic E-state index is 0.150. The minimum atomic E-state index is -1.27. The summed E-state index contributed by atoms with van der Waals surface area (Å²) in [5, 5.41) is 18.7. The minimum Gasteiger partial charge on any atom is -0.489 e. The molecule has 0 radical (unpaired) electrons. The van der Waals surface area contributed by atoms with E-state index in [1.807, 2.05) is 37.3 Å². The molecule has 0 heterocycles.